The number of methoxy groups -OCH3 is 2. The van der Waals surface area contributed by atoms with Crippen LogP contribution in [0.25, 0.3) is 0 Å². The number of halogens is 3. The number of pyridine rings is 1. The molecule has 0 bridgehead atoms. The van der Waals surface area contributed by atoms with Crippen molar-refractivity contribution in [3.63, 3.8) is 0 Å². The van der Waals surface area contributed by atoms with Crippen molar-refractivity contribution in [2.24, 2.45) is 0 Å². The van der Waals surface area contributed by atoms with Gasteiger partial charge in [-0.15, -0.1) is 0 Å². The van der Waals surface area contributed by atoms with Crippen molar-refractivity contribution >= 4 is 19.7 Å². The lowest BCUT2D eigenvalue weighted by molar-refractivity contribution is 0.139. The van der Waals surface area contributed by atoms with Crippen molar-refractivity contribution in [1.29, 1.82) is 0 Å². The molecule has 0 amide bonds. The van der Waals surface area contributed by atoms with Crippen LogP contribution in [0, 0.1) is 0 Å². The van der Waals surface area contributed by atoms with E-state index in [9.17, 15) is 17.2 Å². The molecule has 0 N–H and O–H groups in total. The van der Waals surface area contributed by atoms with Gasteiger partial charge in [0.25, 0.3) is 15.5 Å². The second-order valence-corrected chi connectivity index (χ2v) is 5.35. The molecular formula is C8H8ClF2NO4S. The lowest BCUT2D eigenvalue weighted by Gasteiger charge is -2.12. The highest BCUT2D eigenvalue weighted by Gasteiger charge is 2.27. The lowest BCUT2D eigenvalue weighted by atomic mass is 10.3. The van der Waals surface area contributed by atoms with Gasteiger partial charge in [0.2, 0.25) is 5.88 Å². The molecule has 0 aliphatic heterocycles. The van der Waals surface area contributed by atoms with Crippen LogP contribution < -0.4 is 9.47 Å². The van der Waals surface area contributed by atoms with Gasteiger partial charge in [-0.1, -0.05) is 0 Å². The zero-order chi connectivity index (χ0) is 13.2. The smallest absolute Gasteiger partial charge is 0.284 e. The first-order valence-corrected chi connectivity index (χ1v) is 6.48. The molecule has 0 radical (unpaired) electrons. The van der Waals surface area contributed by atoms with Gasteiger partial charge in [-0.3, -0.25) is 0 Å². The van der Waals surface area contributed by atoms with E-state index in [1.54, 1.807) is 0 Å². The highest BCUT2D eigenvalue weighted by atomic mass is 35.7. The average molecular weight is 288 g/mol. The molecule has 1 rings (SSSR count). The first-order valence-electron chi connectivity index (χ1n) is 4.17. The molecule has 1 aromatic heterocycles. The molecule has 9 heteroatoms. The number of hydrogen-bond donors (Lipinski definition) is 0. The maximum atomic E-state index is 12.7. The van der Waals surface area contributed by atoms with Gasteiger partial charge in [-0.05, 0) is 0 Å². The molecule has 17 heavy (non-hydrogen) atoms. The van der Waals surface area contributed by atoms with Crippen LogP contribution >= 0.6 is 10.7 Å². The van der Waals surface area contributed by atoms with Crippen LogP contribution in [-0.4, -0.2) is 27.6 Å². The standard InChI is InChI=1S/C8H8ClF2NO4S/c1-15-5-3-4(17(9,13)14)7(16-2)6(12-5)8(10)11/h3,8H,1-2H3. The van der Waals surface area contributed by atoms with Gasteiger partial charge in [0.15, 0.2) is 11.4 Å². The summed E-state index contributed by atoms with van der Waals surface area (Å²) >= 11 is 0. The summed E-state index contributed by atoms with van der Waals surface area (Å²) in [5, 5.41) is 0. The minimum atomic E-state index is -4.24. The van der Waals surface area contributed by atoms with Crippen LogP contribution in [-0.2, 0) is 9.05 Å². The third kappa shape index (κ3) is 2.95. The Labute approximate surface area is 101 Å². The summed E-state index contributed by atoms with van der Waals surface area (Å²) in [5.41, 5.74) is -0.842. The summed E-state index contributed by atoms with van der Waals surface area (Å²) < 4.78 is 57.0. The van der Waals surface area contributed by atoms with Crippen LogP contribution in [0.2, 0.25) is 0 Å². The van der Waals surface area contributed by atoms with Crippen LogP contribution in [0.4, 0.5) is 8.78 Å². The van der Waals surface area contributed by atoms with Gasteiger partial charge < -0.3 is 9.47 Å². The minimum Gasteiger partial charge on any atom is -0.493 e. The van der Waals surface area contributed by atoms with Crippen LogP contribution in [0.1, 0.15) is 12.1 Å². The number of nitrogens with zero attached hydrogens (tertiary/aromatic N) is 1. The third-order valence-corrected chi connectivity index (χ3v) is 3.15. The zero-order valence-electron chi connectivity index (χ0n) is 8.78. The number of hydrogen-bond acceptors (Lipinski definition) is 5. The maximum absolute atomic E-state index is 12.7. The molecule has 0 unspecified atom stereocenters. The first-order chi connectivity index (χ1) is 7.81. The monoisotopic (exact) mass is 287 g/mol. The van der Waals surface area contributed by atoms with Crippen molar-refractivity contribution in [2.45, 2.75) is 11.3 Å². The van der Waals surface area contributed by atoms with Crippen LogP contribution in [0.3, 0.4) is 0 Å². The van der Waals surface area contributed by atoms with Gasteiger partial charge in [-0.2, -0.15) is 0 Å². The number of aromatic nitrogens is 1. The van der Waals surface area contributed by atoms with Gasteiger partial charge in [0, 0.05) is 16.7 Å². The predicted octanol–water partition coefficient (Wildman–Crippen LogP) is 1.96. The molecule has 96 valence electrons. The molecule has 0 aromatic carbocycles. The van der Waals surface area contributed by atoms with E-state index < -0.39 is 31.8 Å². The Balaban J connectivity index is 3.63. The van der Waals surface area contributed by atoms with Crippen molar-refractivity contribution in [1.82, 2.24) is 4.98 Å². The van der Waals surface area contributed by atoms with Crippen molar-refractivity contribution in [2.75, 3.05) is 14.2 Å². The highest BCUT2D eigenvalue weighted by Crippen LogP contribution is 2.36. The molecular weight excluding hydrogens is 280 g/mol. The normalized spacial score (nSPS) is 11.6. The Bertz CT molecular complexity index is 521. The van der Waals surface area contributed by atoms with Gasteiger partial charge >= 0.3 is 0 Å². The Morgan fingerprint density at radius 1 is 1.35 bits per heavy atom. The van der Waals surface area contributed by atoms with Gasteiger partial charge in [0.1, 0.15) is 4.90 Å². The zero-order valence-corrected chi connectivity index (χ0v) is 10.3. The molecule has 5 nitrogen and oxygen atoms in total. The summed E-state index contributed by atoms with van der Waals surface area (Å²) in [6, 6.07) is 0.910. The predicted molar refractivity (Wildman–Crippen MR) is 55.3 cm³/mol. The highest BCUT2D eigenvalue weighted by molar-refractivity contribution is 8.13. The molecule has 0 aliphatic carbocycles. The second-order valence-electron chi connectivity index (χ2n) is 2.82. The Kier molecular flexibility index (Phi) is 4.10. The first kappa shape index (κ1) is 13.9. The van der Waals surface area contributed by atoms with Crippen LogP contribution in [0.5, 0.6) is 11.6 Å². The summed E-state index contributed by atoms with van der Waals surface area (Å²) in [4.78, 5) is 2.81. The topological polar surface area (TPSA) is 65.5 Å². The lowest BCUT2D eigenvalue weighted by Crippen LogP contribution is -2.05. The third-order valence-electron chi connectivity index (χ3n) is 1.82. The molecule has 0 spiro atoms. The number of rotatable bonds is 4. The molecule has 0 aliphatic rings. The van der Waals surface area contributed by atoms with Crippen molar-refractivity contribution in [3.8, 4) is 11.6 Å². The Morgan fingerprint density at radius 2 is 1.94 bits per heavy atom. The minimum absolute atomic E-state index is 0.291. The van der Waals surface area contributed by atoms with E-state index in [0.717, 1.165) is 20.3 Å². The Morgan fingerprint density at radius 3 is 2.29 bits per heavy atom. The molecule has 1 heterocycles. The van der Waals surface area contributed by atoms with E-state index in [2.05, 4.69) is 14.5 Å². The Hall–Kier alpha value is -1.15. The molecule has 0 fully saturated rings. The molecule has 0 atom stereocenters. The van der Waals surface area contributed by atoms with E-state index >= 15 is 0 Å². The summed E-state index contributed by atoms with van der Waals surface area (Å²) in [6.45, 7) is 0. The molecule has 0 saturated heterocycles. The van der Waals surface area contributed by atoms with Crippen molar-refractivity contribution in [3.05, 3.63) is 11.8 Å². The van der Waals surface area contributed by atoms with Crippen molar-refractivity contribution < 1.29 is 26.7 Å². The summed E-state index contributed by atoms with van der Waals surface area (Å²) in [6.07, 6.45) is -3.02. The SMILES string of the molecule is COc1cc(S(=O)(=O)Cl)c(OC)c(C(F)F)n1. The maximum Gasteiger partial charge on any atom is 0.284 e. The van der Waals surface area contributed by atoms with E-state index in [0.29, 0.717) is 0 Å². The van der Waals surface area contributed by atoms with E-state index in [4.69, 9.17) is 10.7 Å². The van der Waals surface area contributed by atoms with Crippen LogP contribution in [0.15, 0.2) is 11.0 Å². The average Bonchev–Trinajstić information content (AvgIpc) is 2.25. The van der Waals surface area contributed by atoms with E-state index in [-0.39, 0.29) is 5.88 Å². The second kappa shape index (κ2) is 5.01. The van der Waals surface area contributed by atoms with E-state index in [1.165, 1.54) is 0 Å². The fourth-order valence-corrected chi connectivity index (χ4v) is 2.14. The summed E-state index contributed by atoms with van der Waals surface area (Å²) in [7, 11) is 3.08. The van der Waals surface area contributed by atoms with Gasteiger partial charge in [-0.25, -0.2) is 22.2 Å². The number of alkyl halides is 2. The fourth-order valence-electron chi connectivity index (χ4n) is 1.14. The van der Waals surface area contributed by atoms with Gasteiger partial charge in [0.05, 0.1) is 14.2 Å². The quantitative estimate of drug-likeness (QED) is 0.792. The number of ether oxygens (including phenoxy) is 2. The molecule has 0 saturated carbocycles. The molecule has 1 aromatic rings. The summed E-state index contributed by atoms with van der Waals surface area (Å²) in [5.74, 6) is -0.879. The van der Waals surface area contributed by atoms with E-state index in [1.807, 2.05) is 0 Å². The largest absolute Gasteiger partial charge is 0.493 e. The fraction of sp³-hybridized carbons (Fsp3) is 0.375.